The number of fused-ring (bicyclic) bond motifs is 2. The van der Waals surface area contributed by atoms with Gasteiger partial charge in [-0.2, -0.15) is 10.2 Å². The Kier molecular flexibility index (Phi) is 7.39. The maximum atomic E-state index is 16.8. The Bertz CT molecular complexity index is 1980. The van der Waals surface area contributed by atoms with E-state index in [1.165, 1.54) is 18.5 Å². The molecule has 1 fully saturated rings. The largest absolute Gasteiger partial charge is 0.389 e. The van der Waals surface area contributed by atoms with Crippen molar-refractivity contribution in [3.05, 3.63) is 58.5 Å². The summed E-state index contributed by atoms with van der Waals surface area (Å²) >= 11 is 7.71. The van der Waals surface area contributed by atoms with Crippen molar-refractivity contribution in [2.24, 2.45) is 0 Å². The summed E-state index contributed by atoms with van der Waals surface area (Å²) in [5.74, 6) is -0.267. The number of rotatable bonds is 7. The summed E-state index contributed by atoms with van der Waals surface area (Å²) in [4.78, 5) is 21.8. The van der Waals surface area contributed by atoms with Crippen LogP contribution in [0.1, 0.15) is 30.9 Å². The Balaban J connectivity index is 1.51. The Labute approximate surface area is 261 Å². The van der Waals surface area contributed by atoms with Crippen LogP contribution in [0.3, 0.4) is 0 Å². The van der Waals surface area contributed by atoms with Gasteiger partial charge in [-0.3, -0.25) is 0 Å². The highest BCUT2D eigenvalue weighted by molar-refractivity contribution is 7.23. The van der Waals surface area contributed by atoms with Crippen molar-refractivity contribution in [1.82, 2.24) is 24.8 Å². The van der Waals surface area contributed by atoms with Crippen molar-refractivity contribution >= 4 is 66.5 Å². The molecule has 0 spiro atoms. The lowest BCUT2D eigenvalue weighted by Gasteiger charge is -2.51. The van der Waals surface area contributed by atoms with E-state index in [1.54, 1.807) is 12.3 Å². The van der Waals surface area contributed by atoms with Crippen LogP contribution in [0.15, 0.2) is 30.7 Å². The van der Waals surface area contributed by atoms with E-state index in [-0.39, 0.29) is 53.8 Å². The predicted molar refractivity (Wildman–Crippen MR) is 172 cm³/mol. The molecule has 44 heavy (non-hydrogen) atoms. The fourth-order valence-corrected chi connectivity index (χ4v) is 6.75. The van der Waals surface area contributed by atoms with Crippen LogP contribution in [-0.2, 0) is 0 Å². The van der Waals surface area contributed by atoms with Crippen molar-refractivity contribution in [3.8, 4) is 17.2 Å². The van der Waals surface area contributed by atoms with Crippen molar-refractivity contribution in [3.63, 3.8) is 0 Å². The van der Waals surface area contributed by atoms with Crippen LogP contribution in [-0.4, -0.2) is 64.1 Å². The van der Waals surface area contributed by atoms with Crippen molar-refractivity contribution in [2.75, 3.05) is 55.4 Å². The first kappa shape index (κ1) is 29.7. The molecule has 1 aliphatic heterocycles. The number of hydrogen-bond donors (Lipinski definition) is 3. The normalized spacial score (nSPS) is 15.0. The van der Waals surface area contributed by atoms with Gasteiger partial charge in [-0.15, -0.1) is 11.3 Å². The summed E-state index contributed by atoms with van der Waals surface area (Å²) in [6, 6.07) is 6.25. The Morgan fingerprint density at radius 2 is 2.00 bits per heavy atom. The lowest BCUT2D eigenvalue weighted by atomic mass is 9.91. The molecule has 1 aliphatic rings. The van der Waals surface area contributed by atoms with Gasteiger partial charge in [-0.1, -0.05) is 24.6 Å². The number of anilines is 4. The number of nitrogens with zero attached hydrogens (tertiary/aromatic N) is 7. The van der Waals surface area contributed by atoms with E-state index >= 15 is 4.39 Å². The fourth-order valence-electron chi connectivity index (χ4n) is 5.51. The number of aromatic nitrogens is 4. The number of likely N-dealkylation sites (N-methyl/N-ethyl adjacent to an activating group) is 1. The van der Waals surface area contributed by atoms with Gasteiger partial charge >= 0.3 is 0 Å². The monoisotopic (exact) mass is 634 g/mol. The average molecular weight is 635 g/mol. The van der Waals surface area contributed by atoms with Gasteiger partial charge in [-0.05, 0) is 38.7 Å². The minimum absolute atomic E-state index is 0.00150. The summed E-state index contributed by atoms with van der Waals surface area (Å²) < 4.78 is 31.7. The zero-order chi connectivity index (χ0) is 31.5. The fraction of sp³-hybridized carbons (Fsp3) is 0.300. The number of halogens is 3. The van der Waals surface area contributed by atoms with E-state index in [9.17, 15) is 9.65 Å². The molecular formula is C30H29ClF2N10S. The van der Waals surface area contributed by atoms with E-state index in [1.807, 2.05) is 32.0 Å². The zero-order valence-electron chi connectivity index (χ0n) is 24.4. The standard InChI is InChI=1S/C30H29ClF2N10S/c1-14(18-10-37-13-39-26(18)35)9-38-28-16-7-19(31)22(15-5-6-20(32)25-21(15)17(8-34)27(36)44-25)23(33)24(16)40-29(41-28)43-11-30(2,12-43)42(3)4/h5-7,10,13-14H,9,11-12,36H2,1-4H3,(H2,35,37,39)(H,38,40,41)/t14-/m1/s1. The molecule has 1 saturated heterocycles. The van der Waals surface area contributed by atoms with Crippen LogP contribution < -0.4 is 21.7 Å². The third kappa shape index (κ3) is 4.79. The summed E-state index contributed by atoms with van der Waals surface area (Å²) in [5, 5.41) is 13.9. The number of benzene rings is 2. The van der Waals surface area contributed by atoms with Gasteiger partial charge in [0.05, 0.1) is 20.8 Å². The number of nitrogens with two attached hydrogens (primary N) is 2. The van der Waals surface area contributed by atoms with Crippen LogP contribution in [0.2, 0.25) is 5.02 Å². The van der Waals surface area contributed by atoms with E-state index < -0.39 is 11.6 Å². The molecule has 3 aromatic heterocycles. The first-order valence-corrected chi connectivity index (χ1v) is 14.9. The van der Waals surface area contributed by atoms with E-state index in [2.05, 4.69) is 32.1 Å². The van der Waals surface area contributed by atoms with Crippen LogP contribution in [0.25, 0.3) is 32.1 Å². The summed E-state index contributed by atoms with van der Waals surface area (Å²) in [5.41, 5.74) is 13.1. The minimum atomic E-state index is -0.717. The molecule has 0 radical (unpaired) electrons. The molecule has 14 heteroatoms. The van der Waals surface area contributed by atoms with E-state index in [0.717, 1.165) is 16.9 Å². The quantitative estimate of drug-likeness (QED) is 0.206. The highest BCUT2D eigenvalue weighted by Crippen LogP contribution is 2.45. The van der Waals surface area contributed by atoms with Gasteiger partial charge in [0.25, 0.3) is 0 Å². The van der Waals surface area contributed by atoms with E-state index in [4.69, 9.17) is 28.1 Å². The molecular weight excluding hydrogens is 606 g/mol. The summed E-state index contributed by atoms with van der Waals surface area (Å²) in [7, 11) is 4.02. The second-order valence-electron chi connectivity index (χ2n) is 11.5. The molecule has 2 aromatic carbocycles. The highest BCUT2D eigenvalue weighted by atomic mass is 35.5. The number of nitrogen functional groups attached to an aromatic ring is 2. The van der Waals surface area contributed by atoms with Crippen molar-refractivity contribution in [2.45, 2.75) is 25.3 Å². The topological polar surface area (TPSA) is 146 Å². The SMILES string of the molecule is C[C@H](CNc1nc(N2CC(C)(N(C)C)C2)nc2c(F)c(-c3ccc(F)c4sc(N)c(C#N)c34)c(Cl)cc12)c1cncnc1N. The number of nitrogens with one attached hydrogen (secondary N) is 1. The second kappa shape index (κ2) is 11.0. The molecule has 0 amide bonds. The molecule has 5 aromatic rings. The minimum Gasteiger partial charge on any atom is -0.389 e. The third-order valence-electron chi connectivity index (χ3n) is 8.38. The van der Waals surface area contributed by atoms with Crippen LogP contribution >= 0.6 is 22.9 Å². The molecule has 6 rings (SSSR count). The molecule has 4 heterocycles. The molecule has 1 atom stereocenters. The first-order chi connectivity index (χ1) is 20.9. The molecule has 0 aliphatic carbocycles. The lowest BCUT2D eigenvalue weighted by Crippen LogP contribution is -2.67. The van der Waals surface area contributed by atoms with Crippen LogP contribution in [0, 0.1) is 23.0 Å². The number of nitriles is 1. The molecule has 0 saturated carbocycles. The van der Waals surface area contributed by atoms with Gasteiger partial charge < -0.3 is 26.6 Å². The highest BCUT2D eigenvalue weighted by Gasteiger charge is 2.42. The van der Waals surface area contributed by atoms with Gasteiger partial charge in [0.2, 0.25) is 5.95 Å². The predicted octanol–water partition coefficient (Wildman–Crippen LogP) is 5.63. The summed E-state index contributed by atoms with van der Waals surface area (Å²) in [6.45, 7) is 5.77. The van der Waals surface area contributed by atoms with Crippen molar-refractivity contribution < 1.29 is 8.78 Å². The Morgan fingerprint density at radius 1 is 1.25 bits per heavy atom. The molecule has 5 N–H and O–H groups in total. The second-order valence-corrected chi connectivity index (χ2v) is 12.9. The third-order valence-corrected chi connectivity index (χ3v) is 9.70. The van der Waals surface area contributed by atoms with Gasteiger partial charge in [-0.25, -0.2) is 23.7 Å². The number of thiophene rings is 1. The van der Waals surface area contributed by atoms with Gasteiger partial charge in [0, 0.05) is 53.6 Å². The van der Waals surface area contributed by atoms with Crippen LogP contribution in [0.4, 0.5) is 31.4 Å². The maximum Gasteiger partial charge on any atom is 0.228 e. The Morgan fingerprint density at radius 3 is 2.68 bits per heavy atom. The lowest BCUT2D eigenvalue weighted by molar-refractivity contribution is 0.132. The molecule has 226 valence electrons. The molecule has 0 unspecified atom stereocenters. The molecule has 10 nitrogen and oxygen atoms in total. The van der Waals surface area contributed by atoms with E-state index in [0.29, 0.717) is 42.6 Å². The first-order valence-electron chi connectivity index (χ1n) is 13.8. The van der Waals surface area contributed by atoms with Gasteiger partial charge in [0.15, 0.2) is 5.82 Å². The Hall–Kier alpha value is -4.38. The smallest absolute Gasteiger partial charge is 0.228 e. The van der Waals surface area contributed by atoms with Gasteiger partial charge in [0.1, 0.15) is 40.4 Å². The zero-order valence-corrected chi connectivity index (χ0v) is 26.0. The van der Waals surface area contributed by atoms with Crippen LogP contribution in [0.5, 0.6) is 0 Å². The summed E-state index contributed by atoms with van der Waals surface area (Å²) in [6.07, 6.45) is 3.05. The maximum absolute atomic E-state index is 16.8. The number of hydrogen-bond acceptors (Lipinski definition) is 11. The molecule has 0 bridgehead atoms. The average Bonchev–Trinajstić information content (AvgIpc) is 3.32. The van der Waals surface area contributed by atoms with Crippen molar-refractivity contribution in [1.29, 1.82) is 5.26 Å².